The Labute approximate surface area is 67.9 Å². The van der Waals surface area contributed by atoms with Crippen LogP contribution >= 0.6 is 6.64 Å². The first kappa shape index (κ1) is 11.0. The second-order valence-electron chi connectivity index (χ2n) is 1.73. The molecule has 0 aliphatic rings. The topological polar surface area (TPSA) is 96.0 Å². The fourth-order valence-electron chi connectivity index (χ4n) is 0.291. The zero-order valence-corrected chi connectivity index (χ0v) is 7.80. The van der Waals surface area contributed by atoms with Crippen LogP contribution < -0.4 is 5.90 Å². The summed E-state index contributed by atoms with van der Waals surface area (Å²) < 4.78 is 4.73. The molecule has 0 aliphatic heterocycles. The molecule has 8 heteroatoms. The first-order valence-corrected chi connectivity index (χ1v) is 5.55. The van der Waals surface area contributed by atoms with Gasteiger partial charge < -0.3 is 0 Å². The summed E-state index contributed by atoms with van der Waals surface area (Å²) in [4.78, 5) is 28.8. The molecule has 1 amide bonds. The number of nitrogens with two attached hydrogens (primary N) is 1. The Morgan fingerprint density at radius 3 is 2.45 bits per heavy atom. The van der Waals surface area contributed by atoms with Crippen LogP contribution in [0.25, 0.3) is 0 Å². The van der Waals surface area contributed by atoms with Crippen molar-refractivity contribution in [1.82, 2.24) is 4.67 Å². The normalized spacial score (nSPS) is 11.0. The van der Waals surface area contributed by atoms with Crippen LogP contribution in [0.2, 0.25) is 0 Å². The molecule has 0 bridgehead atoms. The molecule has 6 nitrogen and oxygen atoms in total. The average molecular weight is 201 g/mol. The van der Waals surface area contributed by atoms with E-state index in [-0.39, 0.29) is 11.2 Å². The van der Waals surface area contributed by atoms with Crippen LogP contribution in [0.4, 0.5) is 0 Å². The van der Waals surface area contributed by atoms with Crippen molar-refractivity contribution in [2.75, 3.05) is 7.05 Å². The van der Waals surface area contributed by atoms with E-state index in [1.807, 2.05) is 0 Å². The minimum absolute atomic E-state index is 0.275. The van der Waals surface area contributed by atoms with Crippen molar-refractivity contribution in [3.63, 3.8) is 0 Å². The maximum atomic E-state index is 10.6. The van der Waals surface area contributed by atoms with Gasteiger partial charge in [0, 0.05) is 14.0 Å². The summed E-state index contributed by atoms with van der Waals surface area (Å²) in [7, 11) is 1.25. The van der Waals surface area contributed by atoms with Crippen molar-refractivity contribution in [2.24, 2.45) is 5.90 Å². The lowest BCUT2D eigenvalue weighted by Crippen LogP contribution is -2.21. The minimum Gasteiger partial charge on any atom is -0.292 e. The molecule has 0 aromatic rings. The van der Waals surface area contributed by atoms with Crippen molar-refractivity contribution in [3.8, 4) is 0 Å². The lowest BCUT2D eigenvalue weighted by Gasteiger charge is -2.11. The molecule has 0 saturated heterocycles. The largest absolute Gasteiger partial charge is 0.527 e. The summed E-state index contributed by atoms with van der Waals surface area (Å²) in [6.45, 7) is -2.33. The third-order valence-electron chi connectivity index (χ3n) is 0.990. The van der Waals surface area contributed by atoms with Crippen LogP contribution in [0, 0.1) is 0 Å². The number of carbonyl (C=O) groups is 1. The Balaban J connectivity index is 4.55. The van der Waals surface area contributed by atoms with Crippen molar-refractivity contribution in [3.05, 3.63) is 0 Å². The summed E-state index contributed by atoms with van der Waals surface area (Å²) in [5, 5.41) is 0. The molecule has 0 heterocycles. The van der Waals surface area contributed by atoms with Crippen LogP contribution in [0.5, 0.6) is 0 Å². The Hall–Kier alpha value is -0.0400. The Morgan fingerprint density at radius 1 is 1.73 bits per heavy atom. The van der Waals surface area contributed by atoms with Gasteiger partial charge in [0.2, 0.25) is 5.91 Å². The van der Waals surface area contributed by atoms with Gasteiger partial charge in [-0.2, -0.15) is 5.90 Å². The van der Waals surface area contributed by atoms with E-state index >= 15 is 0 Å². The van der Waals surface area contributed by atoms with E-state index in [1.54, 1.807) is 0 Å². The van der Waals surface area contributed by atoms with E-state index in [4.69, 9.17) is 9.79 Å². The number of carbonyl (C=O) groups excluding carboxylic acids is 1. The molecule has 66 valence electrons. The molecule has 0 aromatic carbocycles. The molecular weight excluding hydrogens is 191 g/mol. The van der Waals surface area contributed by atoms with Crippen molar-refractivity contribution < 1.29 is 18.9 Å². The van der Waals surface area contributed by atoms with Gasteiger partial charge in [0.1, 0.15) is 0 Å². The summed E-state index contributed by atoms with van der Waals surface area (Å²) in [5.74, 6) is 4.12. The highest BCUT2D eigenvalue weighted by atomic mass is 32.5. The van der Waals surface area contributed by atoms with Gasteiger partial charge in [0.15, 0.2) is 0 Å². The first-order chi connectivity index (χ1) is 4.91. The van der Waals surface area contributed by atoms with Gasteiger partial charge in [-0.05, 0) is 4.28 Å². The molecule has 0 fully saturated rings. The molecule has 0 radical (unpaired) electrons. The zero-order chi connectivity index (χ0) is 9.07. The van der Waals surface area contributed by atoms with Gasteiger partial charge in [-0.3, -0.25) is 14.6 Å². The first-order valence-electron chi connectivity index (χ1n) is 2.56. The van der Waals surface area contributed by atoms with Crippen LogP contribution in [-0.2, 0) is 20.3 Å². The SMILES string of the molecule is CC(=O)N(C)P(O)(O)=[S+]ON. The minimum atomic E-state index is -3.54. The van der Waals surface area contributed by atoms with Crippen LogP contribution in [-0.4, -0.2) is 27.4 Å². The number of rotatable bonds is 2. The monoisotopic (exact) mass is 201 g/mol. The molecule has 0 atom stereocenters. The smallest absolute Gasteiger partial charge is 0.292 e. The Kier molecular flexibility index (Phi) is 4.09. The lowest BCUT2D eigenvalue weighted by atomic mass is 10.7. The van der Waals surface area contributed by atoms with Crippen LogP contribution in [0.3, 0.4) is 0 Å². The molecular formula is C3H10N2O4PS+. The lowest BCUT2D eigenvalue weighted by molar-refractivity contribution is -0.123. The highest BCUT2D eigenvalue weighted by Crippen LogP contribution is 2.41. The van der Waals surface area contributed by atoms with Gasteiger partial charge in [-0.15, -0.1) is 0 Å². The second kappa shape index (κ2) is 4.10. The summed E-state index contributed by atoms with van der Waals surface area (Å²) in [6, 6.07) is 0. The number of amides is 1. The average Bonchev–Trinajstić information content (AvgIpc) is 1.86. The number of hydrogen-bond donors (Lipinski definition) is 3. The standard InChI is InChI=1S/C3H10N2O4PS/c1-3(6)5(2)10(7,8)11-9-4/h7-8H,4H2,1-2H3/q+1. The molecule has 0 spiro atoms. The predicted octanol–water partition coefficient (Wildman–Crippen LogP) is -0.985. The second-order valence-corrected chi connectivity index (χ2v) is 5.61. The fourth-order valence-corrected chi connectivity index (χ4v) is 1.86. The van der Waals surface area contributed by atoms with Gasteiger partial charge >= 0.3 is 17.9 Å². The summed E-state index contributed by atoms with van der Waals surface area (Å²) >= 11 is 0.275. The summed E-state index contributed by atoms with van der Waals surface area (Å²) in [5.41, 5.74) is 0. The Bertz CT molecular complexity index is 202. The molecule has 0 saturated carbocycles. The van der Waals surface area contributed by atoms with E-state index < -0.39 is 12.5 Å². The molecule has 0 rings (SSSR count). The third-order valence-corrected chi connectivity index (χ3v) is 3.93. The highest BCUT2D eigenvalue weighted by molar-refractivity contribution is 8.15. The van der Waals surface area contributed by atoms with Crippen molar-refractivity contribution >= 4 is 23.8 Å². The summed E-state index contributed by atoms with van der Waals surface area (Å²) in [6.07, 6.45) is 0. The fraction of sp³-hybridized carbons (Fsp3) is 0.667. The van der Waals surface area contributed by atoms with Gasteiger partial charge in [0.05, 0.1) is 0 Å². The van der Waals surface area contributed by atoms with E-state index in [9.17, 15) is 4.79 Å². The molecule has 4 N–H and O–H groups in total. The number of nitrogens with zero attached hydrogens (tertiary/aromatic N) is 1. The maximum absolute atomic E-state index is 10.6. The van der Waals surface area contributed by atoms with Crippen LogP contribution in [0.15, 0.2) is 0 Å². The van der Waals surface area contributed by atoms with E-state index in [0.29, 0.717) is 0 Å². The van der Waals surface area contributed by atoms with Crippen LogP contribution in [0.1, 0.15) is 6.92 Å². The van der Waals surface area contributed by atoms with E-state index in [1.165, 1.54) is 14.0 Å². The molecule has 11 heavy (non-hydrogen) atoms. The Morgan fingerprint density at radius 2 is 2.18 bits per heavy atom. The van der Waals surface area contributed by atoms with E-state index in [2.05, 4.69) is 10.2 Å². The zero-order valence-electron chi connectivity index (χ0n) is 6.09. The quantitative estimate of drug-likeness (QED) is 0.231. The molecule has 0 unspecified atom stereocenters. The van der Waals surface area contributed by atoms with Crippen molar-refractivity contribution in [1.29, 1.82) is 0 Å². The predicted molar refractivity (Wildman–Crippen MR) is 42.4 cm³/mol. The van der Waals surface area contributed by atoms with Gasteiger partial charge in [-0.1, -0.05) is 0 Å². The highest BCUT2D eigenvalue weighted by Gasteiger charge is 2.34. The number of hydrogen-bond acceptors (Lipinski definition) is 3. The third kappa shape index (κ3) is 3.24. The van der Waals surface area contributed by atoms with Gasteiger partial charge in [-0.25, -0.2) is 4.67 Å². The van der Waals surface area contributed by atoms with Gasteiger partial charge in [0.25, 0.3) is 0 Å². The van der Waals surface area contributed by atoms with Crippen molar-refractivity contribution in [2.45, 2.75) is 6.92 Å². The maximum Gasteiger partial charge on any atom is 0.527 e. The molecule has 0 aliphatic carbocycles. The van der Waals surface area contributed by atoms with E-state index in [0.717, 1.165) is 4.67 Å². The molecule has 0 aromatic heterocycles.